The molecule has 0 amide bonds. The molecule has 2 unspecified atom stereocenters. The van der Waals surface area contributed by atoms with Crippen LogP contribution in [-0.2, 0) is 11.8 Å². The fourth-order valence-electron chi connectivity index (χ4n) is 3.49. The number of aryl methyl sites for hydroxylation is 1. The van der Waals surface area contributed by atoms with Crippen LogP contribution in [0.25, 0.3) is 0 Å². The summed E-state index contributed by atoms with van der Waals surface area (Å²) in [4.78, 5) is 0. The monoisotopic (exact) mass is 257 g/mol. The Morgan fingerprint density at radius 2 is 2.00 bits per heavy atom. The minimum Gasteiger partial charge on any atom is -0.391 e. The molecule has 2 rings (SSSR count). The number of hydrogen-bond acceptors (Lipinski definition) is 2. The highest BCUT2D eigenvalue weighted by atomic mass is 16.3. The predicted molar refractivity (Wildman–Crippen MR) is 76.7 cm³/mol. The van der Waals surface area contributed by atoms with Crippen LogP contribution in [0.4, 0.5) is 0 Å². The molecule has 1 aromatic carbocycles. The van der Waals surface area contributed by atoms with Gasteiger partial charge >= 0.3 is 0 Å². The van der Waals surface area contributed by atoms with E-state index in [1.54, 1.807) is 0 Å². The highest BCUT2D eigenvalue weighted by molar-refractivity contribution is 5.43. The number of hydrogen-bond donors (Lipinski definition) is 1. The molecule has 2 nitrogen and oxygen atoms in total. The van der Waals surface area contributed by atoms with Crippen molar-refractivity contribution in [1.82, 2.24) is 0 Å². The van der Waals surface area contributed by atoms with Crippen LogP contribution in [0.5, 0.6) is 0 Å². The lowest BCUT2D eigenvalue weighted by Crippen LogP contribution is -2.45. The molecule has 0 fully saturated rings. The highest BCUT2D eigenvalue weighted by Crippen LogP contribution is 2.42. The highest BCUT2D eigenvalue weighted by Gasteiger charge is 2.45. The van der Waals surface area contributed by atoms with Crippen molar-refractivity contribution >= 4 is 0 Å². The molecule has 0 saturated heterocycles. The van der Waals surface area contributed by atoms with Crippen LogP contribution in [0.15, 0.2) is 24.3 Å². The molecule has 19 heavy (non-hydrogen) atoms. The number of nitrogens with zero attached hydrogens (tertiary/aromatic N) is 1. The topological polar surface area (TPSA) is 44.0 Å². The van der Waals surface area contributed by atoms with Gasteiger partial charge < -0.3 is 5.11 Å². The summed E-state index contributed by atoms with van der Waals surface area (Å²) in [6.45, 7) is 4.19. The Bertz CT molecular complexity index is 472. The molecule has 1 aliphatic rings. The van der Waals surface area contributed by atoms with Gasteiger partial charge in [0.05, 0.1) is 12.2 Å². The molecule has 1 aliphatic carbocycles. The molecule has 0 radical (unpaired) electrons. The van der Waals surface area contributed by atoms with Gasteiger partial charge in [0.25, 0.3) is 0 Å². The molecule has 1 aromatic rings. The first kappa shape index (κ1) is 14.1. The van der Waals surface area contributed by atoms with Crippen molar-refractivity contribution < 1.29 is 5.11 Å². The first-order valence-corrected chi connectivity index (χ1v) is 7.37. The maximum atomic E-state index is 10.8. The van der Waals surface area contributed by atoms with Crippen LogP contribution in [0.1, 0.15) is 50.7 Å². The molecule has 1 N–H and O–H groups in total. The lowest BCUT2D eigenvalue weighted by atomic mass is 9.64. The van der Waals surface area contributed by atoms with Gasteiger partial charge in [0.2, 0.25) is 0 Å². The van der Waals surface area contributed by atoms with E-state index in [0.717, 1.165) is 37.7 Å². The van der Waals surface area contributed by atoms with E-state index in [9.17, 15) is 10.4 Å². The van der Waals surface area contributed by atoms with Crippen LogP contribution in [0.2, 0.25) is 0 Å². The van der Waals surface area contributed by atoms with Gasteiger partial charge in [0, 0.05) is 0 Å². The van der Waals surface area contributed by atoms with Gasteiger partial charge in [0.15, 0.2) is 0 Å². The van der Waals surface area contributed by atoms with Crippen molar-refractivity contribution in [3.63, 3.8) is 0 Å². The van der Waals surface area contributed by atoms with Crippen molar-refractivity contribution in [1.29, 1.82) is 5.26 Å². The maximum absolute atomic E-state index is 10.8. The molecular formula is C17H23NO. The smallest absolute Gasteiger partial charge is 0.109 e. The Labute approximate surface area is 116 Å². The van der Waals surface area contributed by atoms with Gasteiger partial charge in [-0.3, -0.25) is 0 Å². The van der Waals surface area contributed by atoms with Crippen molar-refractivity contribution in [2.75, 3.05) is 0 Å². The Hall–Kier alpha value is -1.33. The van der Waals surface area contributed by atoms with Crippen LogP contribution in [-0.4, -0.2) is 11.2 Å². The third-order valence-corrected chi connectivity index (χ3v) is 4.71. The molecule has 102 valence electrons. The van der Waals surface area contributed by atoms with Crippen LogP contribution >= 0.6 is 0 Å². The molecule has 0 saturated carbocycles. The van der Waals surface area contributed by atoms with Crippen molar-refractivity contribution in [2.45, 2.75) is 57.5 Å². The molecule has 0 heterocycles. The number of fused-ring (bicyclic) bond motifs is 1. The predicted octanol–water partition coefficient (Wildman–Crippen LogP) is 3.58. The zero-order valence-corrected chi connectivity index (χ0v) is 11.9. The fraction of sp³-hybridized carbons (Fsp3) is 0.588. The number of aliphatic hydroxyl groups excluding tert-OH is 1. The number of benzene rings is 1. The van der Waals surface area contributed by atoms with E-state index in [4.69, 9.17) is 0 Å². The third-order valence-electron chi connectivity index (χ3n) is 4.71. The van der Waals surface area contributed by atoms with Gasteiger partial charge in [-0.05, 0) is 36.3 Å². The normalized spacial score (nSPS) is 23.7. The molecule has 0 aliphatic heterocycles. The van der Waals surface area contributed by atoms with Crippen molar-refractivity contribution in [3.8, 4) is 6.07 Å². The van der Waals surface area contributed by atoms with Gasteiger partial charge in [-0.15, -0.1) is 0 Å². The summed E-state index contributed by atoms with van der Waals surface area (Å²) in [6.07, 6.45) is 4.07. The van der Waals surface area contributed by atoms with Crippen molar-refractivity contribution in [3.05, 3.63) is 35.4 Å². The lowest BCUT2D eigenvalue weighted by molar-refractivity contribution is 0.0403. The van der Waals surface area contributed by atoms with E-state index in [2.05, 4.69) is 26.0 Å². The van der Waals surface area contributed by atoms with Crippen LogP contribution < -0.4 is 0 Å². The SMILES string of the molecule is CCC(CC)C(O)C1(C#N)CCCc2ccccc21. The number of rotatable bonds is 4. The quantitative estimate of drug-likeness (QED) is 0.896. The van der Waals surface area contributed by atoms with E-state index < -0.39 is 11.5 Å². The second kappa shape index (κ2) is 5.75. The minimum atomic E-state index is -0.703. The minimum absolute atomic E-state index is 0.200. The first-order valence-electron chi connectivity index (χ1n) is 7.37. The Kier molecular flexibility index (Phi) is 4.27. The molecule has 2 atom stereocenters. The summed E-state index contributed by atoms with van der Waals surface area (Å²) in [5.41, 5.74) is 1.59. The van der Waals surface area contributed by atoms with Crippen molar-refractivity contribution in [2.24, 2.45) is 5.92 Å². The zero-order chi connectivity index (χ0) is 13.9. The zero-order valence-electron chi connectivity index (χ0n) is 11.9. The summed E-state index contributed by atoms with van der Waals surface area (Å²) in [5.74, 6) is 0.200. The van der Waals surface area contributed by atoms with E-state index in [1.807, 2.05) is 18.2 Å². The fourth-order valence-corrected chi connectivity index (χ4v) is 3.49. The molecule has 0 spiro atoms. The average molecular weight is 257 g/mol. The van der Waals surface area contributed by atoms with E-state index in [1.165, 1.54) is 5.56 Å². The second-order valence-corrected chi connectivity index (χ2v) is 5.62. The summed E-state index contributed by atoms with van der Waals surface area (Å²) in [5, 5.41) is 20.6. The second-order valence-electron chi connectivity index (χ2n) is 5.62. The molecule has 0 aromatic heterocycles. The summed E-state index contributed by atoms with van der Waals surface area (Å²) in [6, 6.07) is 10.6. The maximum Gasteiger partial charge on any atom is 0.109 e. The van der Waals surface area contributed by atoms with Gasteiger partial charge in [-0.25, -0.2) is 0 Å². The van der Waals surface area contributed by atoms with E-state index in [-0.39, 0.29) is 5.92 Å². The molecule has 2 heteroatoms. The van der Waals surface area contributed by atoms with Crippen LogP contribution in [0, 0.1) is 17.2 Å². The summed E-state index contributed by atoms with van der Waals surface area (Å²) in [7, 11) is 0. The van der Waals surface area contributed by atoms with Crippen LogP contribution in [0.3, 0.4) is 0 Å². The largest absolute Gasteiger partial charge is 0.391 e. The molecule has 0 bridgehead atoms. The Balaban J connectivity index is 2.48. The number of aliphatic hydroxyl groups is 1. The van der Waals surface area contributed by atoms with Gasteiger partial charge in [0.1, 0.15) is 5.41 Å². The summed E-state index contributed by atoms with van der Waals surface area (Å²) >= 11 is 0. The van der Waals surface area contributed by atoms with E-state index in [0.29, 0.717) is 0 Å². The Morgan fingerprint density at radius 3 is 2.63 bits per heavy atom. The van der Waals surface area contributed by atoms with Gasteiger partial charge in [-0.1, -0.05) is 51.0 Å². The average Bonchev–Trinajstić information content (AvgIpc) is 2.47. The number of nitriles is 1. The molecular weight excluding hydrogens is 234 g/mol. The third kappa shape index (κ3) is 2.28. The van der Waals surface area contributed by atoms with E-state index >= 15 is 0 Å². The Morgan fingerprint density at radius 1 is 1.32 bits per heavy atom. The standard InChI is InChI=1S/C17H23NO/c1-3-13(4-2)16(19)17(12-18)11-7-9-14-8-5-6-10-15(14)17/h5-6,8,10,13,16,19H,3-4,7,9,11H2,1-2H3. The first-order chi connectivity index (χ1) is 9.19. The lowest BCUT2D eigenvalue weighted by Gasteiger charge is -2.40. The van der Waals surface area contributed by atoms with Gasteiger partial charge in [-0.2, -0.15) is 5.26 Å². The summed E-state index contributed by atoms with van der Waals surface area (Å²) < 4.78 is 0.